The molecule has 1 aliphatic rings. The molecular weight excluding hydrogens is 242 g/mol. The van der Waals surface area contributed by atoms with Gasteiger partial charge in [0.1, 0.15) is 0 Å². The fourth-order valence-corrected chi connectivity index (χ4v) is 3.17. The molecule has 20 heavy (non-hydrogen) atoms. The predicted molar refractivity (Wildman–Crippen MR) is 88.0 cm³/mol. The molecule has 0 saturated heterocycles. The van der Waals surface area contributed by atoms with Crippen molar-refractivity contribution in [3.63, 3.8) is 0 Å². The molecule has 1 unspecified atom stereocenters. The van der Waals surface area contributed by atoms with Gasteiger partial charge in [-0.05, 0) is 63.5 Å². The second-order valence-electron chi connectivity index (χ2n) is 5.94. The van der Waals surface area contributed by atoms with Gasteiger partial charge in [0.2, 0.25) is 0 Å². The Morgan fingerprint density at radius 2 is 2.00 bits per heavy atom. The zero-order valence-corrected chi connectivity index (χ0v) is 12.9. The summed E-state index contributed by atoms with van der Waals surface area (Å²) < 4.78 is 0. The summed E-state index contributed by atoms with van der Waals surface area (Å²) in [5.74, 6) is 0. The first kappa shape index (κ1) is 15.3. The minimum atomic E-state index is 0.674. The van der Waals surface area contributed by atoms with Gasteiger partial charge in [-0.2, -0.15) is 0 Å². The number of aryl methyl sites for hydroxylation is 1. The van der Waals surface area contributed by atoms with Crippen molar-refractivity contribution in [2.75, 3.05) is 6.54 Å². The molecule has 0 aromatic heterocycles. The number of benzene rings is 1. The summed E-state index contributed by atoms with van der Waals surface area (Å²) in [6, 6.07) is 11.5. The largest absolute Gasteiger partial charge is 0.314 e. The summed E-state index contributed by atoms with van der Waals surface area (Å²) in [7, 11) is 0. The zero-order valence-electron chi connectivity index (χ0n) is 12.9. The highest BCUT2D eigenvalue weighted by Crippen LogP contribution is 2.23. The molecule has 0 radical (unpaired) electrons. The lowest BCUT2D eigenvalue weighted by Gasteiger charge is -2.21. The molecule has 0 heterocycles. The van der Waals surface area contributed by atoms with E-state index in [0.717, 1.165) is 6.54 Å². The van der Waals surface area contributed by atoms with Gasteiger partial charge in [0.15, 0.2) is 0 Å². The molecule has 1 aromatic rings. The van der Waals surface area contributed by atoms with E-state index in [-0.39, 0.29) is 0 Å². The molecule has 1 N–H and O–H groups in total. The van der Waals surface area contributed by atoms with Crippen LogP contribution in [0.3, 0.4) is 0 Å². The average Bonchev–Trinajstić information content (AvgIpc) is 2.49. The molecule has 1 atom stereocenters. The van der Waals surface area contributed by atoms with Gasteiger partial charge in [-0.15, -0.1) is 0 Å². The molecule has 0 bridgehead atoms. The van der Waals surface area contributed by atoms with E-state index in [1.54, 1.807) is 5.57 Å². The van der Waals surface area contributed by atoms with Crippen molar-refractivity contribution in [1.29, 1.82) is 0 Å². The third kappa shape index (κ3) is 5.50. The maximum atomic E-state index is 3.68. The van der Waals surface area contributed by atoms with Gasteiger partial charge in [0, 0.05) is 6.04 Å². The predicted octanol–water partition coefficient (Wildman–Crippen LogP) is 4.88. The van der Waals surface area contributed by atoms with Crippen LogP contribution in [0.4, 0.5) is 0 Å². The van der Waals surface area contributed by atoms with Gasteiger partial charge in [0.25, 0.3) is 0 Å². The molecular formula is C19H29N. The minimum Gasteiger partial charge on any atom is -0.314 e. The number of hydrogen-bond acceptors (Lipinski definition) is 1. The fourth-order valence-electron chi connectivity index (χ4n) is 3.17. The molecule has 0 amide bonds. The maximum absolute atomic E-state index is 3.68. The van der Waals surface area contributed by atoms with Gasteiger partial charge < -0.3 is 5.32 Å². The van der Waals surface area contributed by atoms with E-state index < -0.39 is 0 Å². The summed E-state index contributed by atoms with van der Waals surface area (Å²) >= 11 is 0. The van der Waals surface area contributed by atoms with Crippen LogP contribution in [0.2, 0.25) is 0 Å². The minimum absolute atomic E-state index is 0.674. The Hall–Kier alpha value is -1.08. The lowest BCUT2D eigenvalue weighted by atomic mass is 9.92. The van der Waals surface area contributed by atoms with E-state index in [2.05, 4.69) is 48.6 Å². The summed E-state index contributed by atoms with van der Waals surface area (Å²) in [6.07, 6.45) is 13.0. The van der Waals surface area contributed by atoms with E-state index in [0.29, 0.717) is 6.04 Å². The lowest BCUT2D eigenvalue weighted by molar-refractivity contribution is 0.464. The van der Waals surface area contributed by atoms with Crippen LogP contribution in [0.1, 0.15) is 57.4 Å². The summed E-state index contributed by atoms with van der Waals surface area (Å²) in [4.78, 5) is 0. The van der Waals surface area contributed by atoms with Crippen LogP contribution in [0.5, 0.6) is 0 Å². The molecule has 1 nitrogen and oxygen atoms in total. The van der Waals surface area contributed by atoms with Crippen LogP contribution in [0, 0.1) is 0 Å². The van der Waals surface area contributed by atoms with Crippen molar-refractivity contribution >= 4 is 0 Å². The molecule has 1 heteroatoms. The Morgan fingerprint density at radius 1 is 1.15 bits per heavy atom. The van der Waals surface area contributed by atoms with Gasteiger partial charge in [-0.3, -0.25) is 0 Å². The third-order valence-corrected chi connectivity index (χ3v) is 4.25. The fraction of sp³-hybridized carbons (Fsp3) is 0.579. The Kier molecular flexibility index (Phi) is 6.86. The highest BCUT2D eigenvalue weighted by Gasteiger charge is 2.11. The van der Waals surface area contributed by atoms with Crippen molar-refractivity contribution in [2.24, 2.45) is 0 Å². The molecule has 0 spiro atoms. The summed E-state index contributed by atoms with van der Waals surface area (Å²) in [5.41, 5.74) is 3.17. The van der Waals surface area contributed by atoms with Gasteiger partial charge in [-0.25, -0.2) is 0 Å². The van der Waals surface area contributed by atoms with E-state index >= 15 is 0 Å². The van der Waals surface area contributed by atoms with Gasteiger partial charge in [0.05, 0.1) is 0 Å². The average molecular weight is 271 g/mol. The Bertz CT molecular complexity index is 393. The Morgan fingerprint density at radius 3 is 2.70 bits per heavy atom. The Labute approximate surface area is 124 Å². The molecule has 0 saturated carbocycles. The first-order chi connectivity index (χ1) is 9.88. The maximum Gasteiger partial charge on any atom is 0.0104 e. The molecule has 110 valence electrons. The third-order valence-electron chi connectivity index (χ3n) is 4.25. The SMILES string of the molecule is CCNC(CCCc1ccccc1)CC1=CCCCC1. The smallest absolute Gasteiger partial charge is 0.0104 e. The van der Waals surface area contributed by atoms with E-state index in [4.69, 9.17) is 0 Å². The number of rotatable bonds is 8. The van der Waals surface area contributed by atoms with Crippen LogP contribution in [0.15, 0.2) is 42.0 Å². The van der Waals surface area contributed by atoms with Gasteiger partial charge >= 0.3 is 0 Å². The van der Waals surface area contributed by atoms with Crippen LogP contribution in [-0.2, 0) is 6.42 Å². The summed E-state index contributed by atoms with van der Waals surface area (Å²) in [5, 5.41) is 3.68. The standard InChI is InChI=1S/C19H29N/c1-2-20-19(16-18-12-7-4-8-13-18)15-9-14-17-10-5-3-6-11-17/h3,5-6,10-12,19-20H,2,4,7-9,13-16H2,1H3. The highest BCUT2D eigenvalue weighted by molar-refractivity contribution is 5.14. The molecule has 2 rings (SSSR count). The molecule has 1 aromatic carbocycles. The van der Waals surface area contributed by atoms with E-state index in [9.17, 15) is 0 Å². The van der Waals surface area contributed by atoms with Crippen molar-refractivity contribution in [2.45, 2.75) is 64.3 Å². The summed E-state index contributed by atoms with van der Waals surface area (Å²) in [6.45, 7) is 3.31. The first-order valence-corrected chi connectivity index (χ1v) is 8.33. The van der Waals surface area contributed by atoms with Crippen LogP contribution >= 0.6 is 0 Å². The van der Waals surface area contributed by atoms with Gasteiger partial charge in [-0.1, -0.05) is 48.9 Å². The first-order valence-electron chi connectivity index (χ1n) is 8.33. The normalized spacial score (nSPS) is 16.8. The molecule has 0 aliphatic heterocycles. The number of allylic oxidation sites excluding steroid dienone is 1. The van der Waals surface area contributed by atoms with Crippen molar-refractivity contribution in [3.8, 4) is 0 Å². The van der Waals surface area contributed by atoms with E-state index in [1.807, 2.05) is 0 Å². The van der Waals surface area contributed by atoms with Crippen LogP contribution in [0.25, 0.3) is 0 Å². The number of nitrogens with one attached hydrogen (secondary N) is 1. The number of hydrogen-bond donors (Lipinski definition) is 1. The topological polar surface area (TPSA) is 12.0 Å². The molecule has 1 aliphatic carbocycles. The second kappa shape index (κ2) is 8.97. The van der Waals surface area contributed by atoms with Crippen LogP contribution < -0.4 is 5.32 Å². The zero-order chi connectivity index (χ0) is 14.0. The second-order valence-corrected chi connectivity index (χ2v) is 5.94. The van der Waals surface area contributed by atoms with Crippen molar-refractivity contribution < 1.29 is 0 Å². The van der Waals surface area contributed by atoms with Crippen molar-refractivity contribution in [3.05, 3.63) is 47.5 Å². The quantitative estimate of drug-likeness (QED) is 0.665. The lowest BCUT2D eigenvalue weighted by Crippen LogP contribution is -2.29. The monoisotopic (exact) mass is 271 g/mol. The highest BCUT2D eigenvalue weighted by atomic mass is 14.9. The Balaban J connectivity index is 1.75. The molecule has 0 fully saturated rings. The van der Waals surface area contributed by atoms with Crippen LogP contribution in [-0.4, -0.2) is 12.6 Å². The van der Waals surface area contributed by atoms with Crippen molar-refractivity contribution in [1.82, 2.24) is 5.32 Å². The van der Waals surface area contributed by atoms with E-state index in [1.165, 1.54) is 56.9 Å².